The van der Waals surface area contributed by atoms with Crippen LogP contribution in [-0.2, 0) is 0 Å². The smallest absolute Gasteiger partial charge is 0.165 e. The van der Waals surface area contributed by atoms with E-state index in [0.717, 1.165) is 49.9 Å². The lowest BCUT2D eigenvalue weighted by Crippen LogP contribution is -2.04. The number of fused-ring (bicyclic) bond motifs is 10. The molecule has 0 aliphatic carbocycles. The van der Waals surface area contributed by atoms with Crippen LogP contribution in [0.15, 0.2) is 158 Å². The summed E-state index contributed by atoms with van der Waals surface area (Å²) in [6.07, 6.45) is 0. The fraction of sp³-hybridized carbons (Fsp3) is 0. The summed E-state index contributed by atoms with van der Waals surface area (Å²) in [4.78, 5) is 11.0. The van der Waals surface area contributed by atoms with Gasteiger partial charge in [0.05, 0.1) is 38.6 Å². The topological polar surface area (TPSA) is 35.1 Å². The summed E-state index contributed by atoms with van der Waals surface area (Å²) in [5.41, 5.74) is 9.57. The molecule has 4 heterocycles. The van der Waals surface area contributed by atoms with Gasteiger partial charge in [0.1, 0.15) is 5.69 Å². The van der Waals surface area contributed by atoms with Crippen LogP contribution in [0.5, 0.6) is 0 Å². The third-order valence-corrected chi connectivity index (χ3v) is 10.8. The Bertz CT molecular complexity index is 3340. The van der Waals surface area contributed by atoms with E-state index in [1.807, 2.05) is 0 Å². The highest BCUT2D eigenvalue weighted by Gasteiger charge is 2.25. The summed E-state index contributed by atoms with van der Waals surface area (Å²) >= 11 is 0. The summed E-state index contributed by atoms with van der Waals surface area (Å²) in [6.45, 7) is 0. The summed E-state index contributed by atoms with van der Waals surface area (Å²) in [5, 5.41) is 12.3. The molecule has 0 saturated heterocycles. The molecule has 0 N–H and O–H groups in total. The first-order valence-corrected chi connectivity index (χ1v) is 17.1. The van der Waals surface area contributed by atoms with Gasteiger partial charge in [0, 0.05) is 37.9 Å². The zero-order valence-corrected chi connectivity index (χ0v) is 26.8. The van der Waals surface area contributed by atoms with Crippen LogP contribution in [-0.4, -0.2) is 18.9 Å². The van der Waals surface area contributed by atoms with Crippen molar-refractivity contribution in [3.05, 3.63) is 158 Å². The SMILES string of the molecule is c1ccc(-c2nc3c(ccc4ccccc43)nc2-n2c3cccc4c3c3c2cccc3n2c3ccccc3c3cc5ccccc5c4c32)cc1. The molecule has 0 saturated carbocycles. The van der Waals surface area contributed by atoms with Crippen molar-refractivity contribution in [3.63, 3.8) is 0 Å². The molecule has 0 unspecified atom stereocenters. The summed E-state index contributed by atoms with van der Waals surface area (Å²) < 4.78 is 4.87. The van der Waals surface area contributed by atoms with Gasteiger partial charge in [-0.15, -0.1) is 0 Å². The largest absolute Gasteiger partial charge is 0.308 e. The molecular weight excluding hydrogens is 609 g/mol. The van der Waals surface area contributed by atoms with Gasteiger partial charge in [-0.25, -0.2) is 9.97 Å². The molecular formula is C46H26N4. The van der Waals surface area contributed by atoms with E-state index in [-0.39, 0.29) is 0 Å². The molecule has 0 radical (unpaired) electrons. The van der Waals surface area contributed by atoms with Gasteiger partial charge in [-0.2, -0.15) is 0 Å². The molecule has 4 nitrogen and oxygen atoms in total. The lowest BCUT2D eigenvalue weighted by atomic mass is 9.98. The second-order valence-electron chi connectivity index (χ2n) is 13.3. The minimum Gasteiger partial charge on any atom is -0.308 e. The molecule has 50 heavy (non-hydrogen) atoms. The first kappa shape index (κ1) is 26.2. The zero-order valence-electron chi connectivity index (χ0n) is 26.8. The van der Waals surface area contributed by atoms with E-state index in [2.05, 4.69) is 167 Å². The Labute approximate surface area is 285 Å². The van der Waals surface area contributed by atoms with Gasteiger partial charge in [0.2, 0.25) is 0 Å². The maximum absolute atomic E-state index is 5.51. The van der Waals surface area contributed by atoms with Crippen molar-refractivity contribution >= 4 is 92.5 Å². The first-order chi connectivity index (χ1) is 24.8. The highest BCUT2D eigenvalue weighted by Crippen LogP contribution is 2.46. The molecule has 0 spiro atoms. The van der Waals surface area contributed by atoms with Crippen molar-refractivity contribution in [1.29, 1.82) is 0 Å². The van der Waals surface area contributed by atoms with Crippen LogP contribution in [0.2, 0.25) is 0 Å². The number of rotatable bonds is 2. The molecule has 0 aliphatic heterocycles. The molecule has 230 valence electrons. The Kier molecular flexibility index (Phi) is 4.94. The Hall–Kier alpha value is -6.78. The van der Waals surface area contributed by atoms with Gasteiger partial charge in [-0.3, -0.25) is 4.57 Å². The van der Waals surface area contributed by atoms with E-state index < -0.39 is 0 Å². The van der Waals surface area contributed by atoms with E-state index >= 15 is 0 Å². The van der Waals surface area contributed by atoms with E-state index in [4.69, 9.17) is 9.97 Å². The van der Waals surface area contributed by atoms with E-state index in [1.165, 1.54) is 59.6 Å². The molecule has 0 amide bonds. The van der Waals surface area contributed by atoms with Gasteiger partial charge in [-0.1, -0.05) is 121 Å². The number of hydrogen-bond donors (Lipinski definition) is 0. The Balaban J connectivity index is 1.35. The van der Waals surface area contributed by atoms with Crippen LogP contribution >= 0.6 is 0 Å². The van der Waals surface area contributed by atoms with Gasteiger partial charge in [-0.05, 0) is 57.9 Å². The average Bonchev–Trinajstić information content (AvgIpc) is 3.65. The molecule has 0 aliphatic rings. The molecule has 12 aromatic rings. The molecule has 0 fully saturated rings. The van der Waals surface area contributed by atoms with Gasteiger partial charge < -0.3 is 4.40 Å². The monoisotopic (exact) mass is 634 g/mol. The van der Waals surface area contributed by atoms with Crippen molar-refractivity contribution < 1.29 is 0 Å². The molecule has 12 rings (SSSR count). The van der Waals surface area contributed by atoms with Crippen molar-refractivity contribution in [2.75, 3.05) is 0 Å². The third kappa shape index (κ3) is 3.25. The van der Waals surface area contributed by atoms with E-state index in [1.54, 1.807) is 0 Å². The van der Waals surface area contributed by atoms with Crippen LogP contribution in [0.1, 0.15) is 0 Å². The molecule has 0 bridgehead atoms. The predicted molar refractivity (Wildman–Crippen MR) is 209 cm³/mol. The second kappa shape index (κ2) is 9.43. The second-order valence-corrected chi connectivity index (χ2v) is 13.3. The van der Waals surface area contributed by atoms with Crippen LogP contribution in [0.25, 0.3) is 110 Å². The minimum absolute atomic E-state index is 0.828. The number of benzene rings is 8. The Morgan fingerprint density at radius 3 is 1.94 bits per heavy atom. The fourth-order valence-corrected chi connectivity index (χ4v) is 8.75. The van der Waals surface area contributed by atoms with E-state index in [9.17, 15) is 0 Å². The first-order valence-electron chi connectivity index (χ1n) is 17.1. The summed E-state index contributed by atoms with van der Waals surface area (Å²) in [5.74, 6) is 0.828. The number of hydrogen-bond acceptors (Lipinski definition) is 2. The lowest BCUT2D eigenvalue weighted by molar-refractivity contribution is 1.08. The fourth-order valence-electron chi connectivity index (χ4n) is 8.75. The average molecular weight is 635 g/mol. The molecule has 4 aromatic heterocycles. The Morgan fingerprint density at radius 1 is 0.400 bits per heavy atom. The van der Waals surface area contributed by atoms with Crippen LogP contribution in [0.4, 0.5) is 0 Å². The molecule has 8 aromatic carbocycles. The van der Waals surface area contributed by atoms with Crippen LogP contribution in [0.3, 0.4) is 0 Å². The van der Waals surface area contributed by atoms with Crippen molar-refractivity contribution in [2.24, 2.45) is 0 Å². The molecule has 0 atom stereocenters. The number of nitrogens with zero attached hydrogens (tertiary/aromatic N) is 4. The Morgan fingerprint density at radius 2 is 1.06 bits per heavy atom. The van der Waals surface area contributed by atoms with Gasteiger partial charge in [0.15, 0.2) is 5.82 Å². The quantitative estimate of drug-likeness (QED) is 0.177. The summed E-state index contributed by atoms with van der Waals surface area (Å²) in [6, 6.07) is 56.8. The standard InChI is InChI=1S/C46H26N4/c1-2-13-28(14-3-1)43-46(47-35-25-24-27-12-4-7-17-31(27)44(35)48-43)50-37-21-10-19-33-40-30-16-6-5-15-29(30)26-34-32-18-8-9-20-36(32)49(45(34)40)38-22-11-23-39(50)42(38)41(33)37/h1-26H. The molecule has 4 heteroatoms. The number of para-hydroxylation sites is 1. The third-order valence-electron chi connectivity index (χ3n) is 10.8. The highest BCUT2D eigenvalue weighted by molar-refractivity contribution is 6.35. The van der Waals surface area contributed by atoms with Gasteiger partial charge in [0.25, 0.3) is 0 Å². The normalized spacial score (nSPS) is 12.4. The van der Waals surface area contributed by atoms with Gasteiger partial charge >= 0.3 is 0 Å². The minimum atomic E-state index is 0.828. The van der Waals surface area contributed by atoms with E-state index in [0.29, 0.717) is 0 Å². The predicted octanol–water partition coefficient (Wildman–Crippen LogP) is 11.9. The lowest BCUT2D eigenvalue weighted by Gasteiger charge is -2.15. The highest BCUT2D eigenvalue weighted by atomic mass is 15.1. The van der Waals surface area contributed by atoms with Crippen molar-refractivity contribution in [2.45, 2.75) is 0 Å². The van der Waals surface area contributed by atoms with Crippen molar-refractivity contribution in [3.8, 4) is 17.1 Å². The zero-order chi connectivity index (χ0) is 32.5. The maximum Gasteiger partial charge on any atom is 0.165 e. The number of aromatic nitrogens is 4. The van der Waals surface area contributed by atoms with Crippen LogP contribution < -0.4 is 0 Å². The van der Waals surface area contributed by atoms with Crippen LogP contribution in [0, 0.1) is 0 Å². The summed E-state index contributed by atoms with van der Waals surface area (Å²) in [7, 11) is 0. The maximum atomic E-state index is 5.51. The van der Waals surface area contributed by atoms with Crippen molar-refractivity contribution in [1.82, 2.24) is 18.9 Å².